The second kappa shape index (κ2) is 8.07. The number of morpholine rings is 1. The quantitative estimate of drug-likeness (QED) is 0.837. The number of nitrogens with zero attached hydrogens (tertiary/aromatic N) is 2. The van der Waals surface area contributed by atoms with Crippen molar-refractivity contribution in [2.75, 3.05) is 31.1 Å². The van der Waals surface area contributed by atoms with E-state index in [1.54, 1.807) is 0 Å². The van der Waals surface area contributed by atoms with Crippen molar-refractivity contribution in [3.05, 3.63) is 66.9 Å². The molecule has 2 atom stereocenters. The van der Waals surface area contributed by atoms with Crippen LogP contribution in [0.3, 0.4) is 0 Å². The molecule has 0 bridgehead atoms. The summed E-state index contributed by atoms with van der Waals surface area (Å²) in [7, 11) is 0. The highest BCUT2D eigenvalue weighted by Gasteiger charge is 2.33. The van der Waals surface area contributed by atoms with Crippen molar-refractivity contribution in [2.45, 2.75) is 25.5 Å². The predicted octanol–water partition coefficient (Wildman–Crippen LogP) is 3.95. The maximum Gasteiger partial charge on any atom is 0.0903 e. The van der Waals surface area contributed by atoms with Gasteiger partial charge in [0.1, 0.15) is 0 Å². The summed E-state index contributed by atoms with van der Waals surface area (Å²) in [6, 6.07) is 8.87. The monoisotopic (exact) mass is 361 g/mol. The number of allylic oxidation sites excluding steroid dienone is 5. The molecule has 2 aliphatic heterocycles. The maximum atomic E-state index is 6.08. The van der Waals surface area contributed by atoms with Crippen molar-refractivity contribution in [1.82, 2.24) is 10.3 Å². The lowest BCUT2D eigenvalue weighted by Gasteiger charge is -2.43. The number of anilines is 1. The molecule has 0 saturated carbocycles. The zero-order chi connectivity index (χ0) is 18.6. The van der Waals surface area contributed by atoms with Crippen LogP contribution in [-0.2, 0) is 4.74 Å². The Morgan fingerprint density at radius 1 is 1.37 bits per heavy atom. The van der Waals surface area contributed by atoms with Crippen LogP contribution in [0.25, 0.3) is 16.5 Å². The molecule has 2 fully saturated rings. The van der Waals surface area contributed by atoms with Gasteiger partial charge in [0, 0.05) is 42.8 Å². The third-order valence-electron chi connectivity index (χ3n) is 5.50. The minimum atomic E-state index is 0.241. The van der Waals surface area contributed by atoms with Crippen LogP contribution in [0.15, 0.2) is 61.3 Å². The fourth-order valence-corrected chi connectivity index (χ4v) is 4.17. The van der Waals surface area contributed by atoms with E-state index in [1.807, 2.05) is 24.4 Å². The number of hydrogen-bond acceptors (Lipinski definition) is 4. The Hall–Kier alpha value is -2.43. The number of ether oxygens (including phenoxy) is 1. The first-order chi connectivity index (χ1) is 13.3. The Balaban J connectivity index is 1.80. The molecular weight excluding hydrogens is 334 g/mol. The van der Waals surface area contributed by atoms with E-state index in [2.05, 4.69) is 54.1 Å². The number of benzene rings is 1. The van der Waals surface area contributed by atoms with E-state index < -0.39 is 0 Å². The van der Waals surface area contributed by atoms with Gasteiger partial charge in [-0.15, -0.1) is 0 Å². The van der Waals surface area contributed by atoms with E-state index in [-0.39, 0.29) is 6.10 Å². The molecule has 3 heterocycles. The average molecular weight is 361 g/mol. The number of nitrogens with one attached hydrogen (secondary N) is 1. The number of aromatic nitrogens is 1. The molecule has 4 nitrogen and oxygen atoms in total. The van der Waals surface area contributed by atoms with Gasteiger partial charge in [0.25, 0.3) is 0 Å². The first kappa shape index (κ1) is 18.0. The second-order valence-electron chi connectivity index (χ2n) is 7.08. The van der Waals surface area contributed by atoms with Crippen molar-refractivity contribution in [1.29, 1.82) is 0 Å². The van der Waals surface area contributed by atoms with Gasteiger partial charge < -0.3 is 15.0 Å². The van der Waals surface area contributed by atoms with Crippen LogP contribution in [-0.4, -0.2) is 43.4 Å². The fourth-order valence-electron chi connectivity index (χ4n) is 4.17. The lowest BCUT2D eigenvalue weighted by atomic mass is 9.96. The van der Waals surface area contributed by atoms with E-state index in [4.69, 9.17) is 9.72 Å². The topological polar surface area (TPSA) is 37.4 Å². The Kier molecular flexibility index (Phi) is 5.37. The van der Waals surface area contributed by atoms with Gasteiger partial charge in [0.2, 0.25) is 0 Å². The van der Waals surface area contributed by atoms with E-state index in [0.29, 0.717) is 6.04 Å². The van der Waals surface area contributed by atoms with Crippen LogP contribution in [0.5, 0.6) is 0 Å². The first-order valence-electron chi connectivity index (χ1n) is 9.75. The molecular formula is C23H27N3O. The van der Waals surface area contributed by atoms with Crippen LogP contribution in [0.4, 0.5) is 5.69 Å². The van der Waals surface area contributed by atoms with Gasteiger partial charge in [-0.3, -0.25) is 4.98 Å². The summed E-state index contributed by atoms with van der Waals surface area (Å²) in [5.41, 5.74) is 4.61. The first-order valence-corrected chi connectivity index (χ1v) is 9.75. The SMILES string of the molecule is C=C/C=C\C(=C/C)c1cnc2ccccc2c1N1CC[C@@H]2NCCO[C@H]2C1. The van der Waals surface area contributed by atoms with Crippen LogP contribution in [0.1, 0.15) is 18.9 Å². The predicted molar refractivity (Wildman–Crippen MR) is 113 cm³/mol. The second-order valence-corrected chi connectivity index (χ2v) is 7.08. The molecule has 2 saturated heterocycles. The minimum absolute atomic E-state index is 0.241. The highest BCUT2D eigenvalue weighted by molar-refractivity contribution is 5.99. The van der Waals surface area contributed by atoms with Crippen molar-refractivity contribution in [3.63, 3.8) is 0 Å². The summed E-state index contributed by atoms with van der Waals surface area (Å²) >= 11 is 0. The largest absolute Gasteiger partial charge is 0.373 e. The summed E-state index contributed by atoms with van der Waals surface area (Å²) in [6.07, 6.45) is 11.4. The zero-order valence-corrected chi connectivity index (χ0v) is 15.9. The Morgan fingerprint density at radius 2 is 2.26 bits per heavy atom. The van der Waals surface area contributed by atoms with E-state index in [1.165, 1.54) is 11.1 Å². The lowest BCUT2D eigenvalue weighted by molar-refractivity contribution is -0.00899. The third-order valence-corrected chi connectivity index (χ3v) is 5.50. The van der Waals surface area contributed by atoms with Gasteiger partial charge in [0.05, 0.1) is 23.9 Å². The summed E-state index contributed by atoms with van der Waals surface area (Å²) in [4.78, 5) is 7.21. The van der Waals surface area contributed by atoms with Crippen molar-refractivity contribution >= 4 is 22.2 Å². The van der Waals surface area contributed by atoms with Gasteiger partial charge in [-0.2, -0.15) is 0 Å². The van der Waals surface area contributed by atoms with E-state index in [0.717, 1.165) is 49.3 Å². The third kappa shape index (κ3) is 3.55. The van der Waals surface area contributed by atoms with Crippen LogP contribution in [0, 0.1) is 0 Å². The lowest BCUT2D eigenvalue weighted by Crippen LogP contribution is -2.57. The molecule has 1 aromatic carbocycles. The number of piperidine rings is 1. The number of para-hydroxylation sites is 1. The number of hydrogen-bond donors (Lipinski definition) is 1. The standard InChI is InChI=1S/C23H27N3O/c1-3-5-8-17(4-2)19-15-25-20-10-7-6-9-18(20)23(19)26-13-11-21-22(16-26)27-14-12-24-21/h3-10,15,21-22,24H,1,11-14,16H2,2H3/b8-5-,17-4+/t21-,22-/m0/s1. The molecule has 0 spiro atoms. The molecule has 1 N–H and O–H groups in total. The number of pyridine rings is 1. The Bertz CT molecular complexity index is 886. The van der Waals surface area contributed by atoms with Gasteiger partial charge in [-0.05, 0) is 25.0 Å². The van der Waals surface area contributed by atoms with E-state index in [9.17, 15) is 0 Å². The fraction of sp³-hybridized carbons (Fsp3) is 0.348. The smallest absolute Gasteiger partial charge is 0.0903 e. The number of fused-ring (bicyclic) bond motifs is 2. The number of rotatable bonds is 4. The molecule has 1 aromatic heterocycles. The molecule has 27 heavy (non-hydrogen) atoms. The summed E-state index contributed by atoms with van der Waals surface area (Å²) in [5, 5.41) is 4.81. The Morgan fingerprint density at radius 3 is 3.11 bits per heavy atom. The molecule has 0 unspecified atom stereocenters. The summed E-state index contributed by atoms with van der Waals surface area (Å²) in [5.74, 6) is 0. The molecule has 0 radical (unpaired) electrons. The van der Waals surface area contributed by atoms with Crippen molar-refractivity contribution in [2.24, 2.45) is 0 Å². The van der Waals surface area contributed by atoms with Crippen molar-refractivity contribution < 1.29 is 4.74 Å². The normalized spacial score (nSPS) is 23.6. The average Bonchev–Trinajstić information content (AvgIpc) is 2.73. The van der Waals surface area contributed by atoms with Gasteiger partial charge in [-0.1, -0.05) is 49.1 Å². The van der Waals surface area contributed by atoms with Gasteiger partial charge in [0.15, 0.2) is 0 Å². The Labute approximate surface area is 161 Å². The molecule has 4 rings (SSSR count). The van der Waals surface area contributed by atoms with Gasteiger partial charge >= 0.3 is 0 Å². The van der Waals surface area contributed by atoms with Crippen LogP contribution < -0.4 is 10.2 Å². The van der Waals surface area contributed by atoms with Crippen LogP contribution >= 0.6 is 0 Å². The molecule has 0 aliphatic carbocycles. The zero-order valence-electron chi connectivity index (χ0n) is 15.9. The molecule has 2 aliphatic rings. The van der Waals surface area contributed by atoms with Gasteiger partial charge in [-0.25, -0.2) is 0 Å². The maximum absolute atomic E-state index is 6.08. The summed E-state index contributed by atoms with van der Waals surface area (Å²) in [6.45, 7) is 9.54. The van der Waals surface area contributed by atoms with Crippen LogP contribution in [0.2, 0.25) is 0 Å². The van der Waals surface area contributed by atoms with Crippen molar-refractivity contribution in [3.8, 4) is 0 Å². The van der Waals surface area contributed by atoms with E-state index >= 15 is 0 Å². The molecule has 0 amide bonds. The summed E-state index contributed by atoms with van der Waals surface area (Å²) < 4.78 is 6.08. The minimum Gasteiger partial charge on any atom is -0.373 e. The molecule has 4 heteroatoms. The highest BCUT2D eigenvalue weighted by Crippen LogP contribution is 2.36. The highest BCUT2D eigenvalue weighted by atomic mass is 16.5. The molecule has 2 aromatic rings. The molecule has 140 valence electrons.